The molecule has 0 aliphatic carbocycles. The van der Waals surface area contributed by atoms with Crippen molar-refractivity contribution in [3.8, 4) is 0 Å². The third-order valence-corrected chi connectivity index (χ3v) is 6.86. The summed E-state index contributed by atoms with van der Waals surface area (Å²) in [6, 6.07) is 1.31. The maximum atomic E-state index is 13.3. The van der Waals surface area contributed by atoms with Crippen molar-refractivity contribution in [2.45, 2.75) is 71.8 Å². The third-order valence-electron chi connectivity index (χ3n) is 6.86. The average molecular weight is 489 g/mol. The summed E-state index contributed by atoms with van der Waals surface area (Å²) in [6.07, 6.45) is 4.77. The smallest absolute Gasteiger partial charge is 0.242 e. The fourth-order valence-corrected chi connectivity index (χ4v) is 4.74. The minimum atomic E-state index is -0.596. The Morgan fingerprint density at radius 3 is 2.51 bits per heavy atom. The quantitative estimate of drug-likeness (QED) is 0.589. The van der Waals surface area contributed by atoms with Crippen LogP contribution >= 0.6 is 0 Å². The number of hydrogen-bond donors (Lipinski definition) is 3. The van der Waals surface area contributed by atoms with Gasteiger partial charge in [-0.2, -0.15) is 0 Å². The molecule has 0 unspecified atom stereocenters. The molecule has 3 rings (SSSR count). The van der Waals surface area contributed by atoms with E-state index in [4.69, 9.17) is 4.74 Å². The van der Waals surface area contributed by atoms with Crippen molar-refractivity contribution in [3.05, 3.63) is 17.5 Å². The first-order valence-electron chi connectivity index (χ1n) is 12.8. The Kier molecular flexibility index (Phi) is 9.83. The van der Waals surface area contributed by atoms with Crippen LogP contribution < -0.4 is 16.0 Å². The number of aryl methyl sites for hydroxylation is 2. The van der Waals surface area contributed by atoms with E-state index in [-0.39, 0.29) is 17.7 Å². The number of hydrogen-bond acceptors (Lipinski definition) is 7. The van der Waals surface area contributed by atoms with E-state index in [9.17, 15) is 14.4 Å². The second-order valence-electron chi connectivity index (χ2n) is 9.72. The number of ether oxygens (including phenoxy) is 1. The largest absolute Gasteiger partial charge is 0.381 e. The number of carbonyl (C=O) groups excluding carboxylic acids is 3. The summed E-state index contributed by atoms with van der Waals surface area (Å²) in [5.74, 6) is 0.322. The molecule has 2 fully saturated rings. The van der Waals surface area contributed by atoms with Crippen molar-refractivity contribution in [1.82, 2.24) is 25.5 Å². The van der Waals surface area contributed by atoms with Crippen LogP contribution in [0.5, 0.6) is 0 Å². The molecule has 2 aliphatic rings. The summed E-state index contributed by atoms with van der Waals surface area (Å²) in [7, 11) is 0. The molecule has 0 bridgehead atoms. The highest BCUT2D eigenvalue weighted by Crippen LogP contribution is 2.37. The van der Waals surface area contributed by atoms with Crippen LogP contribution in [0.1, 0.15) is 63.3 Å². The molecule has 3 amide bonds. The maximum absolute atomic E-state index is 13.3. The van der Waals surface area contributed by atoms with Crippen molar-refractivity contribution in [2.24, 2.45) is 5.41 Å². The van der Waals surface area contributed by atoms with E-state index in [2.05, 4.69) is 25.9 Å². The second-order valence-corrected chi connectivity index (χ2v) is 9.72. The van der Waals surface area contributed by atoms with E-state index >= 15 is 0 Å². The van der Waals surface area contributed by atoms with Crippen LogP contribution in [-0.4, -0.2) is 78.0 Å². The number of aromatic nitrogens is 2. The van der Waals surface area contributed by atoms with Crippen molar-refractivity contribution in [3.63, 3.8) is 0 Å². The second kappa shape index (κ2) is 12.8. The molecule has 0 aromatic carbocycles. The van der Waals surface area contributed by atoms with Gasteiger partial charge in [0.1, 0.15) is 6.04 Å². The summed E-state index contributed by atoms with van der Waals surface area (Å²) in [5, 5.41) is 8.93. The predicted molar refractivity (Wildman–Crippen MR) is 133 cm³/mol. The van der Waals surface area contributed by atoms with Gasteiger partial charge < -0.3 is 25.6 Å². The number of nitrogens with zero attached hydrogens (tertiary/aromatic N) is 3. The molecule has 10 nitrogen and oxygen atoms in total. The number of carbonyl (C=O) groups is 3. The molecular weight excluding hydrogens is 448 g/mol. The molecule has 35 heavy (non-hydrogen) atoms. The van der Waals surface area contributed by atoms with Gasteiger partial charge in [-0.3, -0.25) is 14.4 Å². The van der Waals surface area contributed by atoms with Gasteiger partial charge in [-0.05, 0) is 58.9 Å². The molecule has 1 atom stereocenters. The number of anilines is 1. The Morgan fingerprint density at radius 2 is 1.80 bits per heavy atom. The molecule has 3 N–H and O–H groups in total. The standard InChI is InChI=1S/C25H40N6O4/c1-18-17-19(2)29-24(28-18)27-12-7-21(32)31-13-9-25(10-14-31)8-4-5-15-35-16-6-11-26-22(33)20(3)30-23(25)34/h17,20H,4-16H2,1-3H3,(H,26,33)(H,30,34)(H,27,28,29)/t20-/m0/s1. The summed E-state index contributed by atoms with van der Waals surface area (Å²) in [5.41, 5.74) is 1.20. The molecule has 2 saturated heterocycles. The van der Waals surface area contributed by atoms with E-state index in [1.165, 1.54) is 0 Å². The van der Waals surface area contributed by atoms with Gasteiger partial charge >= 0.3 is 0 Å². The highest BCUT2D eigenvalue weighted by molar-refractivity contribution is 5.90. The van der Waals surface area contributed by atoms with E-state index < -0.39 is 11.5 Å². The predicted octanol–water partition coefficient (Wildman–Crippen LogP) is 1.72. The zero-order valence-electron chi connectivity index (χ0n) is 21.3. The van der Waals surface area contributed by atoms with E-state index in [0.29, 0.717) is 64.6 Å². The molecule has 2 aliphatic heterocycles. The molecule has 3 heterocycles. The van der Waals surface area contributed by atoms with E-state index in [1.807, 2.05) is 24.8 Å². The first-order chi connectivity index (χ1) is 16.8. The Morgan fingerprint density at radius 1 is 1.11 bits per heavy atom. The monoisotopic (exact) mass is 488 g/mol. The van der Waals surface area contributed by atoms with Crippen LogP contribution in [0.25, 0.3) is 0 Å². The molecule has 1 aromatic heterocycles. The highest BCUT2D eigenvalue weighted by Gasteiger charge is 2.42. The van der Waals surface area contributed by atoms with Gasteiger partial charge in [0.15, 0.2) is 0 Å². The normalized spacial score (nSPS) is 22.1. The number of rotatable bonds is 4. The number of amides is 3. The van der Waals surface area contributed by atoms with Gasteiger partial charge in [0.2, 0.25) is 23.7 Å². The summed E-state index contributed by atoms with van der Waals surface area (Å²) >= 11 is 0. The van der Waals surface area contributed by atoms with Gasteiger partial charge in [0.25, 0.3) is 0 Å². The highest BCUT2D eigenvalue weighted by atomic mass is 16.5. The van der Waals surface area contributed by atoms with Gasteiger partial charge in [0.05, 0.1) is 5.41 Å². The van der Waals surface area contributed by atoms with Crippen LogP contribution in [0.4, 0.5) is 5.95 Å². The Balaban J connectivity index is 1.54. The third kappa shape index (κ3) is 7.88. The molecule has 1 aromatic rings. The van der Waals surface area contributed by atoms with Gasteiger partial charge in [-0.15, -0.1) is 0 Å². The van der Waals surface area contributed by atoms with Crippen molar-refractivity contribution in [2.75, 3.05) is 44.7 Å². The first-order valence-corrected chi connectivity index (χ1v) is 12.8. The molecule has 194 valence electrons. The first kappa shape index (κ1) is 26.8. The molecule has 10 heteroatoms. The zero-order chi connectivity index (χ0) is 25.3. The zero-order valence-corrected chi connectivity index (χ0v) is 21.3. The van der Waals surface area contributed by atoms with Crippen molar-refractivity contribution in [1.29, 1.82) is 0 Å². The van der Waals surface area contributed by atoms with Gasteiger partial charge in [-0.1, -0.05) is 6.42 Å². The summed E-state index contributed by atoms with van der Waals surface area (Å²) in [6.45, 7) is 8.87. The summed E-state index contributed by atoms with van der Waals surface area (Å²) < 4.78 is 5.65. The average Bonchev–Trinajstić information content (AvgIpc) is 2.82. The lowest BCUT2D eigenvalue weighted by atomic mass is 9.73. The number of nitrogens with one attached hydrogen (secondary N) is 3. The Bertz CT molecular complexity index is 864. The van der Waals surface area contributed by atoms with Crippen LogP contribution in [-0.2, 0) is 19.1 Å². The van der Waals surface area contributed by atoms with Crippen LogP contribution in [0, 0.1) is 19.3 Å². The maximum Gasteiger partial charge on any atom is 0.242 e. The lowest BCUT2D eigenvalue weighted by molar-refractivity contribution is -0.142. The Labute approximate surface area is 208 Å². The van der Waals surface area contributed by atoms with Crippen molar-refractivity contribution >= 4 is 23.7 Å². The van der Waals surface area contributed by atoms with Gasteiger partial charge in [-0.25, -0.2) is 9.97 Å². The Hall–Kier alpha value is -2.75. The fourth-order valence-electron chi connectivity index (χ4n) is 4.74. The number of likely N-dealkylation sites (tertiary alicyclic amines) is 1. The molecule has 0 radical (unpaired) electrons. The van der Waals surface area contributed by atoms with Gasteiger partial charge in [0, 0.05) is 57.2 Å². The topological polar surface area (TPSA) is 126 Å². The molecular formula is C25H40N6O4. The van der Waals surface area contributed by atoms with Crippen LogP contribution in [0.2, 0.25) is 0 Å². The van der Waals surface area contributed by atoms with Crippen LogP contribution in [0.3, 0.4) is 0 Å². The lowest BCUT2D eigenvalue weighted by Crippen LogP contribution is -2.54. The minimum absolute atomic E-state index is 0.0548. The fraction of sp³-hybridized carbons (Fsp3) is 0.720. The van der Waals surface area contributed by atoms with Crippen molar-refractivity contribution < 1.29 is 19.1 Å². The number of piperidine rings is 1. The molecule has 1 spiro atoms. The van der Waals surface area contributed by atoms with E-state index in [1.54, 1.807) is 6.92 Å². The molecule has 0 saturated carbocycles. The lowest BCUT2D eigenvalue weighted by Gasteiger charge is -2.41. The minimum Gasteiger partial charge on any atom is -0.381 e. The SMILES string of the molecule is Cc1cc(C)nc(NCCC(=O)N2CCC3(CCCCOCCCNC(=O)[C@H](C)NC3=O)CC2)n1. The van der Waals surface area contributed by atoms with Crippen LogP contribution in [0.15, 0.2) is 6.07 Å². The van der Waals surface area contributed by atoms with E-state index in [0.717, 1.165) is 37.1 Å². The summed E-state index contributed by atoms with van der Waals surface area (Å²) in [4.78, 5) is 49.0.